The van der Waals surface area contributed by atoms with E-state index in [1.807, 2.05) is 0 Å². The topological polar surface area (TPSA) is 46.5 Å². The van der Waals surface area contributed by atoms with Crippen molar-refractivity contribution in [2.75, 3.05) is 6.61 Å². The van der Waals surface area contributed by atoms with Gasteiger partial charge < -0.3 is 9.84 Å². The van der Waals surface area contributed by atoms with Crippen LogP contribution in [0.4, 0.5) is 4.39 Å². The molecule has 4 heteroatoms. The van der Waals surface area contributed by atoms with Crippen LogP contribution in [0.3, 0.4) is 0 Å². The second kappa shape index (κ2) is 3.85. The molecule has 1 aliphatic rings. The van der Waals surface area contributed by atoms with Gasteiger partial charge in [-0.3, -0.25) is 4.79 Å². The molecule has 12 heavy (non-hydrogen) atoms. The fraction of sp³-hybridized carbons (Fsp3) is 0.875. The van der Waals surface area contributed by atoms with Gasteiger partial charge in [0.05, 0.1) is 12.0 Å². The summed E-state index contributed by atoms with van der Waals surface area (Å²) in [6.45, 7) is 2.22. The quantitative estimate of drug-likeness (QED) is 0.703. The third kappa shape index (κ3) is 1.94. The van der Waals surface area contributed by atoms with Crippen LogP contribution in [-0.2, 0) is 9.53 Å². The normalized spacial score (nSPS) is 35.3. The van der Waals surface area contributed by atoms with Crippen molar-refractivity contribution in [1.82, 2.24) is 0 Å². The van der Waals surface area contributed by atoms with Gasteiger partial charge in [-0.15, -0.1) is 0 Å². The molecule has 1 aliphatic carbocycles. The number of alkyl halides is 1. The van der Waals surface area contributed by atoms with Crippen LogP contribution in [0, 0.1) is 5.92 Å². The molecule has 0 radical (unpaired) electrons. The Bertz CT molecular complexity index is 172. The molecule has 3 atom stereocenters. The van der Waals surface area contributed by atoms with Gasteiger partial charge in [0.15, 0.2) is 0 Å². The predicted octanol–water partition coefficient (Wildman–Crippen LogP) is 1.22. The molecule has 0 aliphatic heterocycles. The van der Waals surface area contributed by atoms with Crippen molar-refractivity contribution >= 4 is 5.97 Å². The van der Waals surface area contributed by atoms with Gasteiger partial charge in [0, 0.05) is 6.61 Å². The van der Waals surface area contributed by atoms with Crippen LogP contribution in [0.5, 0.6) is 0 Å². The van der Waals surface area contributed by atoms with Crippen LogP contribution in [0.25, 0.3) is 0 Å². The maximum absolute atomic E-state index is 13.0. The fourth-order valence-electron chi connectivity index (χ4n) is 1.54. The van der Waals surface area contributed by atoms with E-state index in [0.29, 0.717) is 13.0 Å². The molecule has 1 saturated carbocycles. The monoisotopic (exact) mass is 176 g/mol. The summed E-state index contributed by atoms with van der Waals surface area (Å²) in [7, 11) is 0. The third-order valence-electron chi connectivity index (χ3n) is 2.16. The SMILES string of the molecule is CCOC1CC(C(=O)O)CC1F. The van der Waals surface area contributed by atoms with E-state index < -0.39 is 24.2 Å². The molecule has 0 spiro atoms. The number of carbonyl (C=O) groups is 1. The van der Waals surface area contributed by atoms with Crippen molar-refractivity contribution in [3.8, 4) is 0 Å². The summed E-state index contributed by atoms with van der Waals surface area (Å²) >= 11 is 0. The molecule has 0 bridgehead atoms. The van der Waals surface area contributed by atoms with Crippen molar-refractivity contribution in [3.63, 3.8) is 0 Å². The van der Waals surface area contributed by atoms with Gasteiger partial charge in [0.25, 0.3) is 0 Å². The van der Waals surface area contributed by atoms with E-state index in [1.54, 1.807) is 6.92 Å². The molecule has 1 N–H and O–H groups in total. The van der Waals surface area contributed by atoms with Crippen LogP contribution in [0.15, 0.2) is 0 Å². The molecule has 1 rings (SSSR count). The number of hydrogen-bond donors (Lipinski definition) is 1. The summed E-state index contributed by atoms with van der Waals surface area (Å²) in [6.07, 6.45) is -1.20. The second-order valence-corrected chi connectivity index (χ2v) is 3.02. The van der Waals surface area contributed by atoms with Gasteiger partial charge in [-0.2, -0.15) is 0 Å². The summed E-state index contributed by atoms with van der Waals surface area (Å²) < 4.78 is 18.1. The molecule has 70 valence electrons. The molecule has 0 saturated heterocycles. The van der Waals surface area contributed by atoms with Crippen molar-refractivity contribution in [2.45, 2.75) is 32.0 Å². The summed E-state index contributed by atoms with van der Waals surface area (Å²) in [5.41, 5.74) is 0. The molecular formula is C8H13FO3. The van der Waals surface area contributed by atoms with Crippen LogP contribution < -0.4 is 0 Å². The van der Waals surface area contributed by atoms with Gasteiger partial charge in [-0.25, -0.2) is 4.39 Å². The first kappa shape index (κ1) is 9.45. The zero-order chi connectivity index (χ0) is 9.14. The van der Waals surface area contributed by atoms with Gasteiger partial charge in [0.1, 0.15) is 6.17 Å². The van der Waals surface area contributed by atoms with E-state index in [4.69, 9.17) is 9.84 Å². The molecule has 3 nitrogen and oxygen atoms in total. The van der Waals surface area contributed by atoms with Gasteiger partial charge in [0.2, 0.25) is 0 Å². The Balaban J connectivity index is 2.44. The number of aliphatic carboxylic acids is 1. The van der Waals surface area contributed by atoms with Gasteiger partial charge in [-0.1, -0.05) is 0 Å². The second-order valence-electron chi connectivity index (χ2n) is 3.02. The molecular weight excluding hydrogens is 163 g/mol. The average Bonchev–Trinajstić information content (AvgIpc) is 2.34. The van der Waals surface area contributed by atoms with Gasteiger partial charge in [-0.05, 0) is 19.8 Å². The first-order valence-corrected chi connectivity index (χ1v) is 4.13. The van der Waals surface area contributed by atoms with E-state index in [9.17, 15) is 9.18 Å². The van der Waals surface area contributed by atoms with E-state index in [-0.39, 0.29) is 6.42 Å². The Morgan fingerprint density at radius 2 is 2.33 bits per heavy atom. The standard InChI is InChI=1S/C8H13FO3/c1-2-12-7-4-5(8(10)11)3-6(7)9/h5-7H,2-4H2,1H3,(H,10,11). The summed E-state index contributed by atoms with van der Waals surface area (Å²) in [5, 5.41) is 8.59. The molecule has 3 unspecified atom stereocenters. The number of ether oxygens (including phenoxy) is 1. The first-order valence-electron chi connectivity index (χ1n) is 4.13. The Kier molecular flexibility index (Phi) is 3.03. The highest BCUT2D eigenvalue weighted by molar-refractivity contribution is 5.70. The lowest BCUT2D eigenvalue weighted by Gasteiger charge is -2.11. The van der Waals surface area contributed by atoms with Crippen LogP contribution in [-0.4, -0.2) is 30.0 Å². The third-order valence-corrected chi connectivity index (χ3v) is 2.16. The Hall–Kier alpha value is -0.640. The molecule has 0 amide bonds. The van der Waals surface area contributed by atoms with Crippen LogP contribution in [0.2, 0.25) is 0 Å². The molecule has 0 heterocycles. The molecule has 0 aromatic heterocycles. The molecule has 1 fully saturated rings. The maximum Gasteiger partial charge on any atom is 0.306 e. The summed E-state index contributed by atoms with van der Waals surface area (Å²) in [4.78, 5) is 10.5. The average molecular weight is 176 g/mol. The van der Waals surface area contributed by atoms with Crippen LogP contribution in [0.1, 0.15) is 19.8 Å². The number of carboxylic acids is 1. The van der Waals surface area contributed by atoms with Crippen LogP contribution >= 0.6 is 0 Å². The lowest BCUT2D eigenvalue weighted by Crippen LogP contribution is -2.18. The van der Waals surface area contributed by atoms with E-state index >= 15 is 0 Å². The maximum atomic E-state index is 13.0. The minimum Gasteiger partial charge on any atom is -0.481 e. The van der Waals surface area contributed by atoms with Crippen molar-refractivity contribution in [3.05, 3.63) is 0 Å². The fourth-order valence-corrected chi connectivity index (χ4v) is 1.54. The van der Waals surface area contributed by atoms with Crippen molar-refractivity contribution < 1.29 is 19.0 Å². The smallest absolute Gasteiger partial charge is 0.306 e. The molecule has 0 aromatic rings. The zero-order valence-corrected chi connectivity index (χ0v) is 7.00. The minimum absolute atomic E-state index is 0.0972. The number of rotatable bonds is 3. The first-order chi connectivity index (χ1) is 5.65. The Labute approximate surface area is 70.5 Å². The zero-order valence-electron chi connectivity index (χ0n) is 7.00. The summed E-state index contributed by atoms with van der Waals surface area (Å²) in [5.74, 6) is -1.48. The van der Waals surface area contributed by atoms with E-state index in [0.717, 1.165) is 0 Å². The van der Waals surface area contributed by atoms with Crippen molar-refractivity contribution in [2.24, 2.45) is 5.92 Å². The Morgan fingerprint density at radius 3 is 2.75 bits per heavy atom. The lowest BCUT2D eigenvalue weighted by atomic mass is 10.1. The highest BCUT2D eigenvalue weighted by atomic mass is 19.1. The highest BCUT2D eigenvalue weighted by Crippen LogP contribution is 2.30. The lowest BCUT2D eigenvalue weighted by molar-refractivity contribution is -0.141. The number of carboxylic acid groups (broad SMARTS) is 1. The summed E-state index contributed by atoms with van der Waals surface area (Å²) in [6, 6.07) is 0. The Morgan fingerprint density at radius 1 is 1.67 bits per heavy atom. The minimum atomic E-state index is -1.11. The number of hydrogen-bond acceptors (Lipinski definition) is 2. The largest absolute Gasteiger partial charge is 0.481 e. The highest BCUT2D eigenvalue weighted by Gasteiger charge is 2.38. The molecule has 0 aromatic carbocycles. The van der Waals surface area contributed by atoms with Crippen molar-refractivity contribution in [1.29, 1.82) is 0 Å². The number of halogens is 1. The van der Waals surface area contributed by atoms with Gasteiger partial charge >= 0.3 is 5.97 Å². The van der Waals surface area contributed by atoms with E-state index in [1.165, 1.54) is 0 Å². The predicted molar refractivity (Wildman–Crippen MR) is 40.7 cm³/mol. The van der Waals surface area contributed by atoms with E-state index in [2.05, 4.69) is 0 Å².